The van der Waals surface area contributed by atoms with Crippen molar-refractivity contribution in [2.75, 3.05) is 7.11 Å². The van der Waals surface area contributed by atoms with Crippen molar-refractivity contribution in [2.45, 2.75) is 26.7 Å². The molecule has 1 aromatic rings. The van der Waals surface area contributed by atoms with Crippen molar-refractivity contribution >= 4 is 14.5 Å². The van der Waals surface area contributed by atoms with Crippen molar-refractivity contribution in [3.63, 3.8) is 0 Å². The van der Waals surface area contributed by atoms with Gasteiger partial charge in [-0.25, -0.2) is 0 Å². The fourth-order valence-corrected chi connectivity index (χ4v) is 2.01. The smallest absolute Gasteiger partial charge is 0.122 e. The molecule has 0 spiro atoms. The van der Waals surface area contributed by atoms with Gasteiger partial charge in [-0.15, -0.1) is 9.24 Å². The molecule has 2 heteroatoms. The van der Waals surface area contributed by atoms with Gasteiger partial charge in [0, 0.05) is 0 Å². The first-order valence-electron chi connectivity index (χ1n) is 4.50. The lowest BCUT2D eigenvalue weighted by Crippen LogP contribution is -2.05. The average molecular weight is 196 g/mol. The maximum atomic E-state index is 5.25. The fourth-order valence-electron chi connectivity index (χ4n) is 1.45. The minimum atomic E-state index is 0.567. The lowest BCUT2D eigenvalue weighted by Gasteiger charge is -2.13. The van der Waals surface area contributed by atoms with Crippen LogP contribution in [0.2, 0.25) is 0 Å². The number of benzene rings is 1. The molecule has 0 N–H and O–H groups in total. The molecular formula is C11H17OP. The lowest BCUT2D eigenvalue weighted by atomic mass is 10.0. The molecule has 72 valence electrons. The van der Waals surface area contributed by atoms with Crippen LogP contribution >= 0.6 is 9.24 Å². The molecule has 0 bridgehead atoms. The van der Waals surface area contributed by atoms with Gasteiger partial charge in [-0.3, -0.25) is 0 Å². The summed E-state index contributed by atoms with van der Waals surface area (Å²) in [4.78, 5) is 0. The number of hydrogen-bond donors (Lipinski definition) is 0. The van der Waals surface area contributed by atoms with Gasteiger partial charge >= 0.3 is 0 Å². The van der Waals surface area contributed by atoms with Crippen LogP contribution < -0.4 is 10.0 Å². The second-order valence-corrected chi connectivity index (χ2v) is 4.23. The Labute approximate surface area is 82.7 Å². The molecule has 13 heavy (non-hydrogen) atoms. The molecule has 0 heterocycles. The largest absolute Gasteiger partial charge is 0.496 e. The van der Waals surface area contributed by atoms with Gasteiger partial charge < -0.3 is 4.74 Å². The molecule has 0 radical (unpaired) electrons. The van der Waals surface area contributed by atoms with Crippen LogP contribution in [-0.2, 0) is 0 Å². The third kappa shape index (κ3) is 2.22. The number of aryl methyl sites for hydroxylation is 1. The molecule has 1 nitrogen and oxygen atoms in total. The van der Waals surface area contributed by atoms with Crippen molar-refractivity contribution in [2.24, 2.45) is 0 Å². The van der Waals surface area contributed by atoms with Gasteiger partial charge in [0.25, 0.3) is 0 Å². The maximum Gasteiger partial charge on any atom is 0.122 e. The van der Waals surface area contributed by atoms with Gasteiger partial charge in [0.1, 0.15) is 5.75 Å². The first-order chi connectivity index (χ1) is 6.06. The molecule has 0 saturated heterocycles. The normalized spacial score (nSPS) is 10.6. The number of ether oxygens (including phenoxy) is 1. The van der Waals surface area contributed by atoms with E-state index in [2.05, 4.69) is 42.1 Å². The predicted molar refractivity (Wildman–Crippen MR) is 61.2 cm³/mol. The minimum Gasteiger partial charge on any atom is -0.496 e. The Morgan fingerprint density at radius 2 is 1.92 bits per heavy atom. The first kappa shape index (κ1) is 10.5. The highest BCUT2D eigenvalue weighted by Gasteiger charge is 2.07. The molecule has 0 aliphatic carbocycles. The fraction of sp³-hybridized carbons (Fsp3) is 0.455. The van der Waals surface area contributed by atoms with Crippen molar-refractivity contribution in [1.82, 2.24) is 0 Å². The Morgan fingerprint density at radius 1 is 1.31 bits per heavy atom. The molecule has 1 rings (SSSR count). The zero-order chi connectivity index (χ0) is 10.0. The topological polar surface area (TPSA) is 9.23 Å². The van der Waals surface area contributed by atoms with Crippen molar-refractivity contribution in [1.29, 1.82) is 0 Å². The highest BCUT2D eigenvalue weighted by Crippen LogP contribution is 2.23. The molecule has 0 saturated carbocycles. The van der Waals surface area contributed by atoms with Gasteiger partial charge in [-0.1, -0.05) is 19.9 Å². The van der Waals surface area contributed by atoms with E-state index in [0.717, 1.165) is 5.75 Å². The van der Waals surface area contributed by atoms with Gasteiger partial charge in [-0.2, -0.15) is 0 Å². The first-order valence-corrected chi connectivity index (χ1v) is 5.08. The van der Waals surface area contributed by atoms with Gasteiger partial charge in [-0.05, 0) is 35.3 Å². The van der Waals surface area contributed by atoms with Crippen LogP contribution in [-0.4, -0.2) is 7.11 Å². The summed E-state index contributed by atoms with van der Waals surface area (Å²) in [6.45, 7) is 6.48. The molecule has 0 aliphatic heterocycles. The number of methoxy groups -OCH3 is 1. The molecule has 1 atom stereocenters. The third-order valence-electron chi connectivity index (χ3n) is 2.22. The molecule has 0 fully saturated rings. The van der Waals surface area contributed by atoms with E-state index in [-0.39, 0.29) is 0 Å². The highest BCUT2D eigenvalue weighted by molar-refractivity contribution is 7.27. The van der Waals surface area contributed by atoms with E-state index in [9.17, 15) is 0 Å². The minimum absolute atomic E-state index is 0.567. The zero-order valence-corrected chi connectivity index (χ0v) is 9.87. The Hall–Kier alpha value is -0.550. The van der Waals surface area contributed by atoms with E-state index in [4.69, 9.17) is 4.74 Å². The van der Waals surface area contributed by atoms with Gasteiger partial charge in [0.15, 0.2) is 0 Å². The lowest BCUT2D eigenvalue weighted by molar-refractivity contribution is 0.412. The van der Waals surface area contributed by atoms with E-state index in [1.165, 1.54) is 16.4 Å². The van der Waals surface area contributed by atoms with Crippen LogP contribution in [0.4, 0.5) is 0 Å². The van der Waals surface area contributed by atoms with E-state index in [1.807, 2.05) is 0 Å². The summed E-state index contributed by atoms with van der Waals surface area (Å²) in [6, 6.07) is 4.28. The van der Waals surface area contributed by atoms with Crippen LogP contribution in [0.15, 0.2) is 12.1 Å². The summed E-state index contributed by atoms with van der Waals surface area (Å²) in [6.07, 6.45) is 0. The summed E-state index contributed by atoms with van der Waals surface area (Å²) in [5.41, 5.74) is 2.58. The van der Waals surface area contributed by atoms with E-state index in [1.54, 1.807) is 7.11 Å². The van der Waals surface area contributed by atoms with Crippen LogP contribution in [0, 0.1) is 6.92 Å². The number of rotatable bonds is 2. The van der Waals surface area contributed by atoms with Crippen molar-refractivity contribution in [3.05, 3.63) is 23.3 Å². The summed E-state index contributed by atoms with van der Waals surface area (Å²) in [7, 11) is 4.47. The maximum absolute atomic E-state index is 5.25. The highest BCUT2D eigenvalue weighted by atomic mass is 31.0. The summed E-state index contributed by atoms with van der Waals surface area (Å²) < 4.78 is 5.25. The Morgan fingerprint density at radius 3 is 2.38 bits per heavy atom. The molecule has 0 aliphatic rings. The third-order valence-corrected chi connectivity index (χ3v) is 2.72. The van der Waals surface area contributed by atoms with E-state index in [0.29, 0.717) is 5.92 Å². The molecule has 1 aromatic carbocycles. The van der Waals surface area contributed by atoms with Crippen LogP contribution in [0.1, 0.15) is 30.9 Å². The van der Waals surface area contributed by atoms with Crippen molar-refractivity contribution < 1.29 is 4.74 Å². The summed E-state index contributed by atoms with van der Waals surface area (Å²) in [5.74, 6) is 1.53. The second kappa shape index (κ2) is 4.11. The number of hydrogen-bond acceptors (Lipinski definition) is 1. The quantitative estimate of drug-likeness (QED) is 0.661. The monoisotopic (exact) mass is 196 g/mol. The van der Waals surface area contributed by atoms with Crippen LogP contribution in [0.5, 0.6) is 5.75 Å². The summed E-state index contributed by atoms with van der Waals surface area (Å²) in [5, 5.41) is 1.23. The van der Waals surface area contributed by atoms with Crippen LogP contribution in [0.25, 0.3) is 0 Å². The van der Waals surface area contributed by atoms with Crippen LogP contribution in [0.3, 0.4) is 0 Å². The SMILES string of the molecule is COc1cc(P)c(C(C)C)cc1C. The Balaban J connectivity index is 3.20. The standard InChI is InChI=1S/C11H17OP/c1-7(2)9-5-8(3)10(12-4)6-11(9)13/h5-7H,13H2,1-4H3. The predicted octanol–water partition coefficient (Wildman–Crippen LogP) is 2.63. The Kier molecular flexibility index (Phi) is 3.33. The van der Waals surface area contributed by atoms with Gasteiger partial charge in [0.05, 0.1) is 7.11 Å². The average Bonchev–Trinajstić information content (AvgIpc) is 2.07. The van der Waals surface area contributed by atoms with Gasteiger partial charge in [0.2, 0.25) is 0 Å². The van der Waals surface area contributed by atoms with E-state index >= 15 is 0 Å². The molecule has 0 aromatic heterocycles. The molecule has 0 amide bonds. The van der Waals surface area contributed by atoms with E-state index < -0.39 is 0 Å². The Bertz CT molecular complexity index is 305. The summed E-state index contributed by atoms with van der Waals surface area (Å²) >= 11 is 0. The molecule has 1 unspecified atom stereocenters. The second-order valence-electron chi connectivity index (χ2n) is 3.61. The zero-order valence-electron chi connectivity index (χ0n) is 8.72. The van der Waals surface area contributed by atoms with Crippen molar-refractivity contribution in [3.8, 4) is 5.75 Å². The molecular weight excluding hydrogens is 179 g/mol.